The van der Waals surface area contributed by atoms with Crippen LogP contribution in [0.4, 0.5) is 10.5 Å². The van der Waals surface area contributed by atoms with Crippen molar-refractivity contribution in [2.45, 2.75) is 39.3 Å². The van der Waals surface area contributed by atoms with Gasteiger partial charge in [-0.1, -0.05) is 6.07 Å². The van der Waals surface area contributed by atoms with Gasteiger partial charge in [0.2, 0.25) is 0 Å². The van der Waals surface area contributed by atoms with Gasteiger partial charge in [-0.3, -0.25) is 9.27 Å². The SMILES string of the molecule is CC(C)(C)OC(=O)N1CCc2ccc(NS(=O)(=O)O)cc2C1. The normalized spacial score (nSPS) is 15.2. The molecule has 0 unspecified atom stereocenters. The summed E-state index contributed by atoms with van der Waals surface area (Å²) in [5.74, 6) is 0. The standard InChI is InChI=1S/C14H20N2O5S/c1-14(2,3)21-13(17)16-7-6-10-4-5-12(8-11(10)9-16)15-22(18,19)20/h4-5,8,15H,6-7,9H2,1-3H3,(H,18,19,20). The Morgan fingerprint density at radius 1 is 1.32 bits per heavy atom. The van der Waals surface area contributed by atoms with Crippen LogP contribution in [0.5, 0.6) is 0 Å². The highest BCUT2D eigenvalue weighted by Gasteiger charge is 2.25. The summed E-state index contributed by atoms with van der Waals surface area (Å²) in [6.07, 6.45) is 0.270. The third-order valence-electron chi connectivity index (χ3n) is 3.12. The lowest BCUT2D eigenvalue weighted by molar-refractivity contribution is 0.0224. The van der Waals surface area contributed by atoms with Gasteiger partial charge in [0, 0.05) is 13.1 Å². The Morgan fingerprint density at radius 2 is 2.00 bits per heavy atom. The molecule has 1 aliphatic rings. The average molecular weight is 328 g/mol. The van der Waals surface area contributed by atoms with E-state index in [0.717, 1.165) is 11.1 Å². The van der Waals surface area contributed by atoms with Crippen LogP contribution in [0.3, 0.4) is 0 Å². The molecule has 7 nitrogen and oxygen atoms in total. The molecule has 0 saturated heterocycles. The number of hydrogen-bond donors (Lipinski definition) is 2. The minimum Gasteiger partial charge on any atom is -0.444 e. The molecule has 2 N–H and O–H groups in total. The zero-order valence-electron chi connectivity index (χ0n) is 12.8. The van der Waals surface area contributed by atoms with Crippen LogP contribution in [0.2, 0.25) is 0 Å². The minimum atomic E-state index is -4.31. The molecular weight excluding hydrogens is 308 g/mol. The van der Waals surface area contributed by atoms with E-state index in [4.69, 9.17) is 9.29 Å². The molecule has 0 aliphatic carbocycles. The summed E-state index contributed by atoms with van der Waals surface area (Å²) < 4.78 is 37.9. The van der Waals surface area contributed by atoms with Crippen LogP contribution in [-0.2, 0) is 28.0 Å². The van der Waals surface area contributed by atoms with Crippen molar-refractivity contribution >= 4 is 22.1 Å². The van der Waals surface area contributed by atoms with Crippen molar-refractivity contribution in [3.05, 3.63) is 29.3 Å². The lowest BCUT2D eigenvalue weighted by atomic mass is 9.99. The number of benzene rings is 1. The summed E-state index contributed by atoms with van der Waals surface area (Å²) in [7, 11) is -4.31. The molecule has 1 aromatic rings. The molecule has 0 atom stereocenters. The van der Waals surface area contributed by atoms with Crippen molar-refractivity contribution in [2.24, 2.45) is 0 Å². The Morgan fingerprint density at radius 3 is 2.59 bits per heavy atom. The summed E-state index contributed by atoms with van der Waals surface area (Å²) in [6.45, 7) is 6.29. The molecule has 1 heterocycles. The number of carbonyl (C=O) groups excluding carboxylic acids is 1. The Balaban J connectivity index is 2.15. The quantitative estimate of drug-likeness (QED) is 0.811. The van der Waals surface area contributed by atoms with Gasteiger partial charge in [-0.15, -0.1) is 0 Å². The molecule has 0 fully saturated rings. The number of fused-ring (bicyclic) bond motifs is 1. The molecule has 0 bridgehead atoms. The number of amides is 1. The Kier molecular flexibility index (Phi) is 4.35. The van der Waals surface area contributed by atoms with Gasteiger partial charge in [0.15, 0.2) is 0 Å². The molecular formula is C14H20N2O5S. The van der Waals surface area contributed by atoms with E-state index in [0.29, 0.717) is 19.5 Å². The van der Waals surface area contributed by atoms with Crippen LogP contribution in [0.1, 0.15) is 31.9 Å². The topological polar surface area (TPSA) is 95.9 Å². The van der Waals surface area contributed by atoms with E-state index in [9.17, 15) is 13.2 Å². The predicted octanol–water partition coefficient (Wildman–Crippen LogP) is 2.19. The first-order valence-electron chi connectivity index (χ1n) is 6.88. The second-order valence-electron chi connectivity index (χ2n) is 6.21. The first-order valence-corrected chi connectivity index (χ1v) is 8.32. The van der Waals surface area contributed by atoms with Crippen molar-refractivity contribution in [3.8, 4) is 0 Å². The molecule has 122 valence electrons. The van der Waals surface area contributed by atoms with Crippen LogP contribution in [-0.4, -0.2) is 36.1 Å². The van der Waals surface area contributed by atoms with E-state index in [1.54, 1.807) is 43.9 Å². The van der Waals surface area contributed by atoms with Gasteiger partial charge < -0.3 is 9.64 Å². The molecule has 0 spiro atoms. The highest BCUT2D eigenvalue weighted by Crippen LogP contribution is 2.24. The molecule has 0 radical (unpaired) electrons. The number of carbonyl (C=O) groups is 1. The van der Waals surface area contributed by atoms with Gasteiger partial charge >= 0.3 is 16.4 Å². The zero-order valence-corrected chi connectivity index (χ0v) is 13.6. The average Bonchev–Trinajstić information content (AvgIpc) is 2.33. The Hall–Kier alpha value is -1.80. The van der Waals surface area contributed by atoms with Crippen molar-refractivity contribution in [2.75, 3.05) is 11.3 Å². The molecule has 1 aromatic carbocycles. The van der Waals surface area contributed by atoms with E-state index in [1.165, 1.54) is 0 Å². The van der Waals surface area contributed by atoms with E-state index >= 15 is 0 Å². The highest BCUT2D eigenvalue weighted by molar-refractivity contribution is 7.87. The van der Waals surface area contributed by atoms with Crippen LogP contribution in [0, 0.1) is 0 Å². The predicted molar refractivity (Wildman–Crippen MR) is 82.0 cm³/mol. The number of nitrogens with one attached hydrogen (secondary N) is 1. The van der Waals surface area contributed by atoms with Crippen molar-refractivity contribution in [1.82, 2.24) is 4.90 Å². The van der Waals surface area contributed by atoms with E-state index in [2.05, 4.69) is 0 Å². The molecule has 0 saturated carbocycles. The highest BCUT2D eigenvalue weighted by atomic mass is 32.2. The first-order chi connectivity index (χ1) is 10.0. The molecule has 0 aromatic heterocycles. The maximum absolute atomic E-state index is 12.1. The summed E-state index contributed by atoms with van der Waals surface area (Å²) >= 11 is 0. The number of nitrogens with zero attached hydrogens (tertiary/aromatic N) is 1. The smallest absolute Gasteiger partial charge is 0.410 e. The van der Waals surface area contributed by atoms with Gasteiger partial charge in [0.1, 0.15) is 5.60 Å². The van der Waals surface area contributed by atoms with Gasteiger partial charge in [0.25, 0.3) is 0 Å². The van der Waals surface area contributed by atoms with Crippen LogP contribution >= 0.6 is 0 Å². The Labute approximate surface area is 130 Å². The summed E-state index contributed by atoms with van der Waals surface area (Å²) in [5, 5.41) is 0. The number of hydrogen-bond acceptors (Lipinski definition) is 4. The monoisotopic (exact) mass is 328 g/mol. The lowest BCUT2D eigenvalue weighted by Gasteiger charge is -2.31. The second kappa shape index (κ2) is 5.77. The lowest BCUT2D eigenvalue weighted by Crippen LogP contribution is -2.39. The van der Waals surface area contributed by atoms with Gasteiger partial charge in [-0.05, 0) is 50.5 Å². The summed E-state index contributed by atoms with van der Waals surface area (Å²) in [6, 6.07) is 4.98. The van der Waals surface area contributed by atoms with E-state index < -0.39 is 22.0 Å². The maximum atomic E-state index is 12.1. The third-order valence-corrected chi connectivity index (χ3v) is 3.61. The number of ether oxygens (including phenoxy) is 1. The van der Waals surface area contributed by atoms with E-state index in [-0.39, 0.29) is 5.69 Å². The molecule has 22 heavy (non-hydrogen) atoms. The molecule has 8 heteroatoms. The van der Waals surface area contributed by atoms with Gasteiger partial charge in [-0.2, -0.15) is 8.42 Å². The van der Waals surface area contributed by atoms with Crippen molar-refractivity contribution < 1.29 is 22.5 Å². The number of rotatable bonds is 2. The van der Waals surface area contributed by atoms with Gasteiger partial charge in [0.05, 0.1) is 5.69 Å². The fourth-order valence-corrected chi connectivity index (χ4v) is 2.68. The molecule has 2 rings (SSSR count). The molecule has 1 amide bonds. The van der Waals surface area contributed by atoms with Gasteiger partial charge in [-0.25, -0.2) is 4.79 Å². The largest absolute Gasteiger partial charge is 0.444 e. The summed E-state index contributed by atoms with van der Waals surface area (Å²) in [4.78, 5) is 13.7. The van der Waals surface area contributed by atoms with Crippen LogP contribution in [0.25, 0.3) is 0 Å². The van der Waals surface area contributed by atoms with E-state index in [1.807, 2.05) is 4.72 Å². The summed E-state index contributed by atoms with van der Waals surface area (Å²) in [5.41, 5.74) is 1.56. The minimum absolute atomic E-state index is 0.257. The second-order valence-corrected chi connectivity index (χ2v) is 7.37. The zero-order chi connectivity index (χ0) is 16.5. The fraction of sp³-hybridized carbons (Fsp3) is 0.500. The third kappa shape index (κ3) is 4.60. The van der Waals surface area contributed by atoms with Crippen molar-refractivity contribution in [1.29, 1.82) is 0 Å². The number of anilines is 1. The van der Waals surface area contributed by atoms with Crippen LogP contribution < -0.4 is 4.72 Å². The van der Waals surface area contributed by atoms with Crippen molar-refractivity contribution in [3.63, 3.8) is 0 Å². The molecule has 1 aliphatic heterocycles. The Bertz CT molecular complexity index is 679. The maximum Gasteiger partial charge on any atom is 0.410 e. The first kappa shape index (κ1) is 16.6. The van der Waals surface area contributed by atoms with Crippen LogP contribution in [0.15, 0.2) is 18.2 Å². The fourth-order valence-electron chi connectivity index (χ4n) is 2.25.